The molecule has 1 aliphatic carbocycles. The zero-order valence-corrected chi connectivity index (χ0v) is 15.2. The molecule has 0 spiro atoms. The van der Waals surface area contributed by atoms with E-state index in [1.165, 1.54) is 32.1 Å². The third kappa shape index (κ3) is 5.10. The summed E-state index contributed by atoms with van der Waals surface area (Å²) in [6, 6.07) is 0. The van der Waals surface area contributed by atoms with Gasteiger partial charge in [-0.3, -0.25) is 9.59 Å². The van der Waals surface area contributed by atoms with Crippen LogP contribution in [0.4, 0.5) is 0 Å². The fourth-order valence-corrected chi connectivity index (χ4v) is 3.11. The zero-order chi connectivity index (χ0) is 16.8. The molecule has 128 valence electrons. The monoisotopic (exact) mass is 310 g/mol. The lowest BCUT2D eigenvalue weighted by Crippen LogP contribution is -2.34. The van der Waals surface area contributed by atoms with Crippen molar-refractivity contribution < 1.29 is 14.3 Å². The van der Waals surface area contributed by atoms with E-state index in [4.69, 9.17) is 4.74 Å². The first kappa shape index (κ1) is 19.2. The van der Waals surface area contributed by atoms with Crippen molar-refractivity contribution in [3.63, 3.8) is 0 Å². The number of esters is 1. The maximum absolute atomic E-state index is 12.5. The molecule has 0 aromatic heterocycles. The molecule has 0 aromatic carbocycles. The zero-order valence-electron chi connectivity index (χ0n) is 15.2. The molecular weight excluding hydrogens is 276 g/mol. The van der Waals surface area contributed by atoms with E-state index in [0.717, 1.165) is 6.42 Å². The van der Waals surface area contributed by atoms with E-state index < -0.39 is 5.41 Å². The van der Waals surface area contributed by atoms with Crippen LogP contribution in [0.2, 0.25) is 0 Å². The van der Waals surface area contributed by atoms with Crippen LogP contribution in [-0.4, -0.2) is 18.4 Å². The Balaban J connectivity index is 2.35. The third-order valence-electron chi connectivity index (χ3n) is 5.56. The Kier molecular flexibility index (Phi) is 7.08. The van der Waals surface area contributed by atoms with Gasteiger partial charge in [-0.05, 0) is 45.4 Å². The van der Waals surface area contributed by atoms with Gasteiger partial charge in [-0.15, -0.1) is 0 Å². The van der Waals surface area contributed by atoms with Crippen LogP contribution in [0.5, 0.6) is 0 Å². The molecule has 3 heteroatoms. The first-order valence-electron chi connectivity index (χ1n) is 8.92. The molecular formula is C19H34O3. The van der Waals surface area contributed by atoms with E-state index in [-0.39, 0.29) is 11.4 Å². The second kappa shape index (κ2) is 8.12. The number of rotatable bonds is 8. The van der Waals surface area contributed by atoms with Crippen molar-refractivity contribution >= 4 is 11.8 Å². The SMILES string of the molecule is CCC(C)(C)C(=O)OCCCC(=O)C(C)(C)C1CCCCC1. The number of carbonyl (C=O) groups excluding carboxylic acids is 2. The predicted molar refractivity (Wildman–Crippen MR) is 89.6 cm³/mol. The van der Waals surface area contributed by atoms with Crippen molar-refractivity contribution in [2.45, 2.75) is 86.0 Å². The number of Topliss-reactive ketones (excluding diaryl/α,β-unsaturated/α-hetero) is 1. The molecule has 1 saturated carbocycles. The molecule has 0 radical (unpaired) electrons. The van der Waals surface area contributed by atoms with Gasteiger partial charge in [-0.25, -0.2) is 0 Å². The summed E-state index contributed by atoms with van der Waals surface area (Å²) >= 11 is 0. The fraction of sp³-hybridized carbons (Fsp3) is 0.895. The van der Waals surface area contributed by atoms with Gasteiger partial charge < -0.3 is 4.74 Å². The first-order chi connectivity index (χ1) is 10.2. The highest BCUT2D eigenvalue weighted by Crippen LogP contribution is 2.39. The minimum Gasteiger partial charge on any atom is -0.465 e. The lowest BCUT2D eigenvalue weighted by molar-refractivity contribution is -0.154. The summed E-state index contributed by atoms with van der Waals surface area (Å²) in [7, 11) is 0. The molecule has 0 unspecified atom stereocenters. The predicted octanol–water partition coefficient (Wildman–Crippen LogP) is 4.92. The molecule has 1 aliphatic rings. The molecule has 0 saturated heterocycles. The second-order valence-electron chi connectivity index (χ2n) is 7.96. The second-order valence-corrected chi connectivity index (χ2v) is 7.96. The van der Waals surface area contributed by atoms with Gasteiger partial charge in [0.15, 0.2) is 0 Å². The minimum absolute atomic E-state index is 0.158. The van der Waals surface area contributed by atoms with Crippen LogP contribution in [0.3, 0.4) is 0 Å². The molecule has 0 aliphatic heterocycles. The summed E-state index contributed by atoms with van der Waals surface area (Å²) < 4.78 is 5.32. The highest BCUT2D eigenvalue weighted by molar-refractivity contribution is 5.84. The van der Waals surface area contributed by atoms with Gasteiger partial charge in [0.25, 0.3) is 0 Å². The number of carbonyl (C=O) groups is 2. The lowest BCUT2D eigenvalue weighted by atomic mass is 9.68. The van der Waals surface area contributed by atoms with E-state index in [1.807, 2.05) is 20.8 Å². The van der Waals surface area contributed by atoms with Gasteiger partial charge in [0.2, 0.25) is 0 Å². The summed E-state index contributed by atoms with van der Waals surface area (Å²) in [6.45, 7) is 10.3. The van der Waals surface area contributed by atoms with E-state index in [9.17, 15) is 9.59 Å². The standard InChI is InChI=1S/C19H34O3/c1-6-18(2,3)17(21)22-14-10-13-16(20)19(4,5)15-11-8-7-9-12-15/h15H,6-14H2,1-5H3. The molecule has 3 nitrogen and oxygen atoms in total. The smallest absolute Gasteiger partial charge is 0.311 e. The largest absolute Gasteiger partial charge is 0.465 e. The van der Waals surface area contributed by atoms with Crippen molar-refractivity contribution in [1.29, 1.82) is 0 Å². The van der Waals surface area contributed by atoms with E-state index >= 15 is 0 Å². The summed E-state index contributed by atoms with van der Waals surface area (Å²) in [5, 5.41) is 0. The van der Waals surface area contributed by atoms with E-state index in [0.29, 0.717) is 31.1 Å². The number of ether oxygens (including phenoxy) is 1. The highest BCUT2D eigenvalue weighted by atomic mass is 16.5. The van der Waals surface area contributed by atoms with Crippen molar-refractivity contribution in [1.82, 2.24) is 0 Å². The fourth-order valence-electron chi connectivity index (χ4n) is 3.11. The Labute approximate surface area is 136 Å². The summed E-state index contributed by atoms with van der Waals surface area (Å²) in [4.78, 5) is 24.4. The maximum Gasteiger partial charge on any atom is 0.311 e. The van der Waals surface area contributed by atoms with Crippen LogP contribution < -0.4 is 0 Å². The van der Waals surface area contributed by atoms with Gasteiger partial charge >= 0.3 is 5.97 Å². The van der Waals surface area contributed by atoms with Crippen LogP contribution in [-0.2, 0) is 14.3 Å². The topological polar surface area (TPSA) is 43.4 Å². The van der Waals surface area contributed by atoms with Gasteiger partial charge in [-0.2, -0.15) is 0 Å². The third-order valence-corrected chi connectivity index (χ3v) is 5.56. The molecule has 1 rings (SSSR count). The molecule has 0 heterocycles. The average molecular weight is 310 g/mol. The molecule has 0 N–H and O–H groups in total. The summed E-state index contributed by atoms with van der Waals surface area (Å²) in [6.07, 6.45) is 8.10. The van der Waals surface area contributed by atoms with Crippen molar-refractivity contribution in [2.75, 3.05) is 6.61 Å². The van der Waals surface area contributed by atoms with Crippen LogP contribution in [0, 0.1) is 16.7 Å². The Hall–Kier alpha value is -0.860. The van der Waals surface area contributed by atoms with Crippen molar-refractivity contribution in [2.24, 2.45) is 16.7 Å². The van der Waals surface area contributed by atoms with Crippen LogP contribution in [0.1, 0.15) is 86.0 Å². The number of hydrogen-bond acceptors (Lipinski definition) is 3. The summed E-state index contributed by atoms with van der Waals surface area (Å²) in [5.41, 5.74) is -0.654. The van der Waals surface area contributed by atoms with Crippen LogP contribution in [0.15, 0.2) is 0 Å². The number of ketones is 1. The van der Waals surface area contributed by atoms with Gasteiger partial charge in [0.05, 0.1) is 12.0 Å². The maximum atomic E-state index is 12.5. The van der Waals surface area contributed by atoms with Crippen LogP contribution in [0.25, 0.3) is 0 Å². The van der Waals surface area contributed by atoms with Crippen molar-refractivity contribution in [3.05, 3.63) is 0 Å². The number of hydrogen-bond donors (Lipinski definition) is 0. The Bertz CT molecular complexity index is 376. The Morgan fingerprint density at radius 2 is 1.64 bits per heavy atom. The molecule has 22 heavy (non-hydrogen) atoms. The molecule has 0 aromatic rings. The Morgan fingerprint density at radius 1 is 1.05 bits per heavy atom. The first-order valence-corrected chi connectivity index (χ1v) is 8.92. The van der Waals surface area contributed by atoms with Crippen molar-refractivity contribution in [3.8, 4) is 0 Å². The van der Waals surface area contributed by atoms with Crippen LogP contribution >= 0.6 is 0 Å². The van der Waals surface area contributed by atoms with Gasteiger partial charge in [-0.1, -0.05) is 40.0 Å². The lowest BCUT2D eigenvalue weighted by Gasteiger charge is -2.35. The van der Waals surface area contributed by atoms with Gasteiger partial charge in [0, 0.05) is 11.8 Å². The molecule has 0 amide bonds. The minimum atomic E-state index is -0.425. The molecule has 0 bridgehead atoms. The summed E-state index contributed by atoms with van der Waals surface area (Å²) in [5.74, 6) is 0.689. The Morgan fingerprint density at radius 3 is 2.18 bits per heavy atom. The van der Waals surface area contributed by atoms with E-state index in [1.54, 1.807) is 0 Å². The highest BCUT2D eigenvalue weighted by Gasteiger charge is 2.36. The quantitative estimate of drug-likeness (QED) is 0.472. The van der Waals surface area contributed by atoms with E-state index in [2.05, 4.69) is 13.8 Å². The normalized spacial score (nSPS) is 17.3. The molecule has 1 fully saturated rings. The average Bonchev–Trinajstić information content (AvgIpc) is 2.51. The van der Waals surface area contributed by atoms with Gasteiger partial charge in [0.1, 0.15) is 5.78 Å². The molecule has 0 atom stereocenters.